The van der Waals surface area contributed by atoms with E-state index >= 15 is 0 Å². The lowest BCUT2D eigenvalue weighted by molar-refractivity contribution is 1.48. The Balaban J connectivity index is 3.20. The molecule has 50 valence electrons. The van der Waals surface area contributed by atoms with E-state index < -0.39 is 0 Å². The first-order chi connectivity index (χ1) is 4.74. The van der Waals surface area contributed by atoms with Crippen LogP contribution in [0, 0.1) is 14.9 Å². The van der Waals surface area contributed by atoms with E-state index in [1.54, 1.807) is 12.1 Å². The van der Waals surface area contributed by atoms with Crippen LogP contribution < -0.4 is 0 Å². The molecular formula is C7H3ClIN. The van der Waals surface area contributed by atoms with Crippen LogP contribution in [0.25, 0.3) is 0 Å². The van der Waals surface area contributed by atoms with Crippen molar-refractivity contribution in [1.29, 1.82) is 5.26 Å². The summed E-state index contributed by atoms with van der Waals surface area (Å²) in [6.07, 6.45) is 0. The van der Waals surface area contributed by atoms with Crippen LogP contribution in [0.2, 0.25) is 5.02 Å². The smallest absolute Gasteiger partial charge is 0.0992 e. The number of nitriles is 1. The molecule has 0 saturated carbocycles. The molecule has 1 aromatic carbocycles. The lowest BCUT2D eigenvalue weighted by Gasteiger charge is -1.93. The minimum absolute atomic E-state index is 0.602. The fourth-order valence-electron chi connectivity index (χ4n) is 0.566. The number of benzene rings is 1. The Bertz CT molecular complexity index is 290. The molecule has 0 aliphatic rings. The molecule has 0 amide bonds. The van der Waals surface area contributed by atoms with E-state index in [0.29, 0.717) is 10.6 Å². The monoisotopic (exact) mass is 263 g/mol. The molecule has 0 radical (unpaired) electrons. The van der Waals surface area contributed by atoms with Gasteiger partial charge in [-0.1, -0.05) is 11.6 Å². The summed E-state index contributed by atoms with van der Waals surface area (Å²) in [6, 6.07) is 7.23. The maximum Gasteiger partial charge on any atom is 0.0992 e. The van der Waals surface area contributed by atoms with Crippen molar-refractivity contribution in [3.05, 3.63) is 32.4 Å². The Kier molecular flexibility index (Phi) is 2.52. The highest BCUT2D eigenvalue weighted by atomic mass is 127. The molecule has 0 bridgehead atoms. The van der Waals surface area contributed by atoms with Gasteiger partial charge in [0.05, 0.1) is 16.7 Å². The van der Waals surface area contributed by atoms with Gasteiger partial charge in [0.25, 0.3) is 0 Å². The quantitative estimate of drug-likeness (QED) is 0.660. The molecule has 0 atom stereocenters. The van der Waals surface area contributed by atoms with Gasteiger partial charge in [0.15, 0.2) is 0 Å². The van der Waals surface area contributed by atoms with Gasteiger partial charge >= 0.3 is 0 Å². The molecule has 0 N–H and O–H groups in total. The molecule has 1 nitrogen and oxygen atoms in total. The maximum absolute atomic E-state index is 8.44. The Hall–Kier alpha value is -0.270. The SMILES string of the molecule is N#Cc1ccc(I)c(Cl)c1. The van der Waals surface area contributed by atoms with Crippen molar-refractivity contribution >= 4 is 34.2 Å². The Morgan fingerprint density at radius 2 is 2.20 bits per heavy atom. The maximum atomic E-state index is 8.44. The summed E-state index contributed by atoms with van der Waals surface area (Å²) in [5.74, 6) is 0. The van der Waals surface area contributed by atoms with Gasteiger partial charge in [-0.05, 0) is 40.8 Å². The molecule has 0 heterocycles. The van der Waals surface area contributed by atoms with Crippen molar-refractivity contribution in [1.82, 2.24) is 0 Å². The Morgan fingerprint density at radius 1 is 1.50 bits per heavy atom. The molecule has 0 spiro atoms. The van der Waals surface area contributed by atoms with Crippen LogP contribution in [0.4, 0.5) is 0 Å². The first-order valence-electron chi connectivity index (χ1n) is 2.59. The van der Waals surface area contributed by atoms with Crippen molar-refractivity contribution in [3.63, 3.8) is 0 Å². The van der Waals surface area contributed by atoms with E-state index in [4.69, 9.17) is 16.9 Å². The molecule has 0 unspecified atom stereocenters. The fourth-order valence-corrected chi connectivity index (χ4v) is 1.08. The van der Waals surface area contributed by atoms with Crippen LogP contribution >= 0.6 is 34.2 Å². The normalized spacial score (nSPS) is 8.90. The van der Waals surface area contributed by atoms with E-state index in [2.05, 4.69) is 22.6 Å². The third-order valence-corrected chi connectivity index (χ3v) is 2.62. The molecule has 1 rings (SSSR count). The number of rotatable bonds is 0. The van der Waals surface area contributed by atoms with E-state index in [9.17, 15) is 0 Å². The zero-order valence-corrected chi connectivity index (χ0v) is 7.85. The predicted molar refractivity (Wildman–Crippen MR) is 48.9 cm³/mol. The van der Waals surface area contributed by atoms with Crippen LogP contribution in [-0.4, -0.2) is 0 Å². The third kappa shape index (κ3) is 1.61. The zero-order chi connectivity index (χ0) is 7.56. The fraction of sp³-hybridized carbons (Fsp3) is 0. The van der Waals surface area contributed by atoms with E-state index in [0.717, 1.165) is 3.57 Å². The zero-order valence-electron chi connectivity index (χ0n) is 4.94. The van der Waals surface area contributed by atoms with Crippen molar-refractivity contribution in [3.8, 4) is 6.07 Å². The summed E-state index contributed by atoms with van der Waals surface area (Å²) in [6.45, 7) is 0. The van der Waals surface area contributed by atoms with Crippen LogP contribution in [0.1, 0.15) is 5.56 Å². The number of halogens is 2. The molecule has 0 aliphatic heterocycles. The highest BCUT2D eigenvalue weighted by Gasteiger charge is 1.96. The second-order valence-electron chi connectivity index (χ2n) is 1.74. The lowest BCUT2D eigenvalue weighted by Crippen LogP contribution is -1.76. The first-order valence-corrected chi connectivity index (χ1v) is 4.05. The summed E-state index contributed by atoms with van der Waals surface area (Å²) in [5, 5.41) is 9.08. The number of nitrogens with zero attached hydrogens (tertiary/aromatic N) is 1. The first kappa shape index (κ1) is 7.83. The van der Waals surface area contributed by atoms with Crippen molar-refractivity contribution in [2.45, 2.75) is 0 Å². The molecular weight excluding hydrogens is 260 g/mol. The van der Waals surface area contributed by atoms with Crippen molar-refractivity contribution in [2.24, 2.45) is 0 Å². The average Bonchev–Trinajstić information content (AvgIpc) is 1.95. The molecule has 0 aliphatic carbocycles. The van der Waals surface area contributed by atoms with E-state index in [1.165, 1.54) is 0 Å². The van der Waals surface area contributed by atoms with Gasteiger partial charge in [0.1, 0.15) is 0 Å². The highest BCUT2D eigenvalue weighted by molar-refractivity contribution is 14.1. The minimum atomic E-state index is 0.602. The number of hydrogen-bond acceptors (Lipinski definition) is 1. The van der Waals surface area contributed by atoms with Gasteiger partial charge in [-0.15, -0.1) is 0 Å². The van der Waals surface area contributed by atoms with Gasteiger partial charge in [-0.2, -0.15) is 5.26 Å². The van der Waals surface area contributed by atoms with Gasteiger partial charge in [0, 0.05) is 3.57 Å². The second-order valence-corrected chi connectivity index (χ2v) is 3.31. The van der Waals surface area contributed by atoms with Gasteiger partial charge in [-0.3, -0.25) is 0 Å². The summed E-state index contributed by atoms with van der Waals surface area (Å²) < 4.78 is 0.971. The number of hydrogen-bond donors (Lipinski definition) is 0. The topological polar surface area (TPSA) is 23.8 Å². The molecule has 0 saturated heterocycles. The lowest BCUT2D eigenvalue weighted by atomic mass is 10.2. The predicted octanol–water partition coefficient (Wildman–Crippen LogP) is 2.82. The molecule has 1 aromatic rings. The molecule has 0 fully saturated rings. The Morgan fingerprint density at radius 3 is 2.70 bits per heavy atom. The van der Waals surface area contributed by atoms with Crippen molar-refractivity contribution < 1.29 is 0 Å². The minimum Gasteiger partial charge on any atom is -0.192 e. The second kappa shape index (κ2) is 3.22. The highest BCUT2D eigenvalue weighted by Crippen LogP contribution is 2.18. The van der Waals surface area contributed by atoms with E-state index in [1.807, 2.05) is 12.1 Å². The van der Waals surface area contributed by atoms with Crippen molar-refractivity contribution in [2.75, 3.05) is 0 Å². The Labute approximate surface area is 77.8 Å². The van der Waals surface area contributed by atoms with Crippen LogP contribution in [0.3, 0.4) is 0 Å². The average molecular weight is 263 g/mol. The summed E-state index contributed by atoms with van der Waals surface area (Å²) in [4.78, 5) is 0. The van der Waals surface area contributed by atoms with Crippen LogP contribution in [-0.2, 0) is 0 Å². The van der Waals surface area contributed by atoms with Gasteiger partial charge < -0.3 is 0 Å². The third-order valence-electron chi connectivity index (χ3n) is 1.05. The summed E-state index contributed by atoms with van der Waals surface area (Å²) in [5.41, 5.74) is 0.602. The molecule has 0 aromatic heterocycles. The summed E-state index contributed by atoms with van der Waals surface area (Å²) >= 11 is 7.85. The molecule has 10 heavy (non-hydrogen) atoms. The molecule has 3 heteroatoms. The standard InChI is InChI=1S/C7H3ClIN/c8-6-3-5(4-10)1-2-7(6)9/h1-3H. The largest absolute Gasteiger partial charge is 0.192 e. The van der Waals surface area contributed by atoms with Crippen LogP contribution in [0.5, 0.6) is 0 Å². The van der Waals surface area contributed by atoms with Gasteiger partial charge in [-0.25, -0.2) is 0 Å². The van der Waals surface area contributed by atoms with Crippen LogP contribution in [0.15, 0.2) is 18.2 Å². The van der Waals surface area contributed by atoms with Gasteiger partial charge in [0.2, 0.25) is 0 Å². The summed E-state index contributed by atoms with van der Waals surface area (Å²) in [7, 11) is 0. The van der Waals surface area contributed by atoms with E-state index in [-0.39, 0.29) is 0 Å².